The second kappa shape index (κ2) is 10.9. The number of fused-ring (bicyclic) bond motifs is 2. The number of H-pyrrole nitrogens is 1. The second-order valence-corrected chi connectivity index (χ2v) is 11.6. The number of aliphatic carboxylic acids is 1. The Hall–Kier alpha value is -4.65. The molecule has 2 aromatic heterocycles. The Balaban J connectivity index is 1.36. The lowest BCUT2D eigenvalue weighted by Gasteiger charge is -2.36. The van der Waals surface area contributed by atoms with Crippen LogP contribution in [0.2, 0.25) is 0 Å². The third-order valence-electron chi connectivity index (χ3n) is 7.61. The van der Waals surface area contributed by atoms with Gasteiger partial charge in [-0.25, -0.2) is 18.4 Å². The first-order valence-corrected chi connectivity index (χ1v) is 14.8. The molecule has 0 saturated carbocycles. The molecule has 1 aliphatic heterocycles. The predicted molar refractivity (Wildman–Crippen MR) is 151 cm³/mol. The fraction of sp³-hybridized carbons (Fsp3) is 0.233. The normalized spacial score (nSPS) is 17.0. The summed E-state index contributed by atoms with van der Waals surface area (Å²) in [5.74, 6) is -4.11. The number of benzene rings is 3. The average Bonchev–Trinajstić information content (AvgIpc) is 3.67. The molecule has 43 heavy (non-hydrogen) atoms. The Kier molecular flexibility index (Phi) is 7.20. The topological polar surface area (TPSA) is 119 Å². The molecule has 9 nitrogen and oxygen atoms in total. The van der Waals surface area contributed by atoms with Crippen LogP contribution in [0.15, 0.2) is 59.9 Å². The quantitative estimate of drug-likeness (QED) is 0.223. The Morgan fingerprint density at radius 1 is 1.21 bits per heavy atom. The first-order chi connectivity index (χ1) is 20.6. The molecular formula is C30H25F3N4O5S. The number of hydrogen-bond acceptors (Lipinski definition) is 6. The van der Waals surface area contributed by atoms with Crippen molar-refractivity contribution in [2.24, 2.45) is 0 Å². The zero-order valence-electron chi connectivity index (χ0n) is 23.0. The molecule has 0 amide bonds. The molecule has 1 unspecified atom stereocenters. The van der Waals surface area contributed by atoms with Crippen molar-refractivity contribution in [1.82, 2.24) is 19.7 Å². The molecule has 0 aliphatic carbocycles. The molecule has 0 radical (unpaired) electrons. The van der Waals surface area contributed by atoms with Gasteiger partial charge < -0.3 is 19.6 Å². The SMILES string of the molecule is CS(=O)c1c(Oc2ccc(F)c(-c3ncn([C@]4(C)CCOc5c(CCC(=O)O)cccc54)n3)c2)c(F)c(F)c2[nH]ccc12. The van der Waals surface area contributed by atoms with E-state index < -0.39 is 45.5 Å². The van der Waals surface area contributed by atoms with Crippen LogP contribution in [0.5, 0.6) is 17.2 Å². The van der Waals surface area contributed by atoms with E-state index in [4.69, 9.17) is 14.6 Å². The number of rotatable bonds is 8. The fourth-order valence-electron chi connectivity index (χ4n) is 5.37. The van der Waals surface area contributed by atoms with Crippen molar-refractivity contribution in [3.05, 3.63) is 83.6 Å². The van der Waals surface area contributed by atoms with Crippen molar-refractivity contribution < 1.29 is 36.8 Å². The summed E-state index contributed by atoms with van der Waals surface area (Å²) in [6.45, 7) is 2.28. The van der Waals surface area contributed by atoms with Crippen LogP contribution in [0.3, 0.4) is 0 Å². The number of nitrogens with zero attached hydrogens (tertiary/aromatic N) is 3. The van der Waals surface area contributed by atoms with Gasteiger partial charge in [0, 0.05) is 36.2 Å². The fourth-order valence-corrected chi connectivity index (χ4v) is 6.24. The smallest absolute Gasteiger partial charge is 0.303 e. The number of para-hydroxylation sites is 1. The minimum atomic E-state index is -1.75. The summed E-state index contributed by atoms with van der Waals surface area (Å²) < 4.78 is 70.8. The molecule has 0 spiro atoms. The maximum Gasteiger partial charge on any atom is 0.303 e. The Bertz CT molecular complexity index is 1920. The minimum absolute atomic E-state index is 0.0197. The molecule has 3 aromatic carbocycles. The first kappa shape index (κ1) is 28.5. The Morgan fingerprint density at radius 2 is 2.02 bits per heavy atom. The lowest BCUT2D eigenvalue weighted by atomic mass is 9.84. The Labute approximate surface area is 245 Å². The van der Waals surface area contributed by atoms with Crippen LogP contribution in [-0.2, 0) is 27.6 Å². The van der Waals surface area contributed by atoms with E-state index in [9.17, 15) is 13.4 Å². The third-order valence-corrected chi connectivity index (χ3v) is 8.59. The monoisotopic (exact) mass is 610 g/mol. The lowest BCUT2D eigenvalue weighted by molar-refractivity contribution is -0.136. The van der Waals surface area contributed by atoms with Crippen LogP contribution >= 0.6 is 0 Å². The van der Waals surface area contributed by atoms with E-state index in [1.165, 1.54) is 37.0 Å². The number of carboxylic acids is 1. The van der Waals surface area contributed by atoms with Crippen molar-refractivity contribution in [3.63, 3.8) is 0 Å². The summed E-state index contributed by atoms with van der Waals surface area (Å²) in [7, 11) is -1.75. The van der Waals surface area contributed by atoms with Gasteiger partial charge in [-0.3, -0.25) is 9.00 Å². The Morgan fingerprint density at radius 3 is 2.79 bits per heavy atom. The number of ether oxygens (including phenoxy) is 2. The van der Waals surface area contributed by atoms with Crippen molar-refractivity contribution in [1.29, 1.82) is 0 Å². The van der Waals surface area contributed by atoms with Gasteiger partial charge in [-0.1, -0.05) is 18.2 Å². The number of nitrogens with one attached hydrogen (secondary N) is 1. The molecule has 222 valence electrons. The van der Waals surface area contributed by atoms with Crippen LogP contribution < -0.4 is 9.47 Å². The summed E-state index contributed by atoms with van der Waals surface area (Å²) in [6.07, 6.45) is 4.95. The zero-order chi connectivity index (χ0) is 30.5. The molecule has 0 saturated heterocycles. The largest absolute Gasteiger partial charge is 0.493 e. The number of aromatic amines is 1. The molecule has 13 heteroatoms. The summed E-state index contributed by atoms with van der Waals surface area (Å²) in [5, 5.41) is 13.9. The molecule has 0 fully saturated rings. The van der Waals surface area contributed by atoms with Crippen molar-refractivity contribution in [2.75, 3.05) is 12.9 Å². The van der Waals surface area contributed by atoms with Crippen LogP contribution in [0, 0.1) is 17.5 Å². The van der Waals surface area contributed by atoms with Crippen LogP contribution in [0.25, 0.3) is 22.3 Å². The van der Waals surface area contributed by atoms with Gasteiger partial charge in [0.25, 0.3) is 0 Å². The van der Waals surface area contributed by atoms with E-state index in [0.717, 1.165) is 17.2 Å². The van der Waals surface area contributed by atoms with Crippen LogP contribution in [-0.4, -0.2) is 47.9 Å². The van der Waals surface area contributed by atoms with Gasteiger partial charge in [0.2, 0.25) is 5.82 Å². The number of halogens is 3. The summed E-state index contributed by atoms with van der Waals surface area (Å²) in [4.78, 5) is 18.0. The van der Waals surface area contributed by atoms with Gasteiger partial charge in [0.15, 0.2) is 17.4 Å². The highest BCUT2D eigenvalue weighted by Crippen LogP contribution is 2.43. The number of hydrogen-bond donors (Lipinski definition) is 2. The molecule has 2 atom stereocenters. The van der Waals surface area contributed by atoms with Gasteiger partial charge >= 0.3 is 5.97 Å². The van der Waals surface area contributed by atoms with E-state index in [2.05, 4.69) is 15.1 Å². The molecule has 5 aromatic rings. The van der Waals surface area contributed by atoms with E-state index in [1.807, 2.05) is 25.1 Å². The van der Waals surface area contributed by atoms with E-state index in [-0.39, 0.29) is 39.4 Å². The first-order valence-electron chi connectivity index (χ1n) is 13.3. The van der Waals surface area contributed by atoms with Crippen molar-refractivity contribution in [3.8, 4) is 28.6 Å². The second-order valence-electron chi connectivity index (χ2n) is 10.3. The van der Waals surface area contributed by atoms with Crippen molar-refractivity contribution >= 4 is 27.7 Å². The average molecular weight is 611 g/mol. The van der Waals surface area contributed by atoms with E-state index in [0.29, 0.717) is 25.2 Å². The summed E-state index contributed by atoms with van der Waals surface area (Å²) >= 11 is 0. The molecule has 3 heterocycles. The maximum absolute atomic E-state index is 15.1. The number of aryl methyl sites for hydroxylation is 1. The predicted octanol–water partition coefficient (Wildman–Crippen LogP) is 5.94. The maximum atomic E-state index is 15.1. The van der Waals surface area contributed by atoms with Crippen molar-refractivity contribution in [2.45, 2.75) is 36.6 Å². The number of carbonyl (C=O) groups is 1. The van der Waals surface area contributed by atoms with Gasteiger partial charge in [-0.15, -0.1) is 5.10 Å². The highest BCUT2D eigenvalue weighted by Gasteiger charge is 2.37. The molecule has 1 aliphatic rings. The van der Waals surface area contributed by atoms with Gasteiger partial charge in [-0.05, 0) is 43.2 Å². The summed E-state index contributed by atoms with van der Waals surface area (Å²) in [6, 6.07) is 10.6. The van der Waals surface area contributed by atoms with E-state index >= 15 is 8.78 Å². The van der Waals surface area contributed by atoms with Crippen LogP contribution in [0.4, 0.5) is 13.2 Å². The molecule has 0 bridgehead atoms. The molecular weight excluding hydrogens is 585 g/mol. The van der Waals surface area contributed by atoms with Gasteiger partial charge in [-0.2, -0.15) is 4.39 Å². The zero-order valence-corrected chi connectivity index (χ0v) is 23.8. The van der Waals surface area contributed by atoms with Gasteiger partial charge in [0.05, 0.1) is 38.9 Å². The third kappa shape index (κ3) is 4.92. The van der Waals surface area contributed by atoms with Crippen LogP contribution in [0.1, 0.15) is 30.9 Å². The standard InChI is InChI=1S/C30H25F3N4O5S/c1-30(11-13-41-26-16(6-9-22(38)39)4-3-5-20(26)30)37-15-35-29(36-37)19-14-17(7-8-21(19)31)42-27-24(33)23(32)25-18(10-12-34-25)28(27)43(2)40/h3-5,7-8,10,12,14-15,34H,6,9,11,13H2,1-2H3,(H,38,39)/t30-,43?/m1/s1. The van der Waals surface area contributed by atoms with Gasteiger partial charge in [0.1, 0.15) is 23.6 Å². The number of aromatic nitrogens is 4. The van der Waals surface area contributed by atoms with E-state index in [1.54, 1.807) is 4.68 Å². The molecule has 6 rings (SSSR count). The minimum Gasteiger partial charge on any atom is -0.493 e. The molecule has 2 N–H and O–H groups in total. The number of carboxylic acid groups (broad SMARTS) is 1. The highest BCUT2D eigenvalue weighted by atomic mass is 32.2. The highest BCUT2D eigenvalue weighted by molar-refractivity contribution is 7.84. The lowest BCUT2D eigenvalue weighted by Crippen LogP contribution is -2.37. The summed E-state index contributed by atoms with van der Waals surface area (Å²) in [5.41, 5.74) is 0.617.